The Labute approximate surface area is 594 Å². The van der Waals surface area contributed by atoms with Crippen molar-refractivity contribution in [1.29, 1.82) is 0 Å². The third kappa shape index (κ3) is 69.5. The highest BCUT2D eigenvalue weighted by atomic mass is 31.2. The summed E-state index contributed by atoms with van der Waals surface area (Å²) in [6, 6.07) is 0. The van der Waals surface area contributed by atoms with Crippen molar-refractivity contribution in [3.8, 4) is 0 Å². The quantitative estimate of drug-likeness (QED) is 0.0222. The Morgan fingerprint density at radius 1 is 0.289 bits per heavy atom. The van der Waals surface area contributed by atoms with Gasteiger partial charge < -0.3 is 33.8 Å². The Morgan fingerprint density at radius 2 is 0.495 bits per heavy atom. The molecule has 576 valence electrons. The molecule has 0 saturated heterocycles. The van der Waals surface area contributed by atoms with E-state index in [1.165, 1.54) is 199 Å². The molecule has 97 heavy (non-hydrogen) atoms. The van der Waals surface area contributed by atoms with E-state index in [4.69, 9.17) is 37.0 Å². The molecular formula is C78H152O17P2. The maximum Gasteiger partial charge on any atom is 0.472 e. The number of carbonyl (C=O) groups excluding carboxylic acids is 4. The van der Waals surface area contributed by atoms with Gasteiger partial charge in [0, 0.05) is 25.7 Å². The number of hydrogen-bond acceptors (Lipinski definition) is 15. The van der Waals surface area contributed by atoms with Crippen molar-refractivity contribution in [2.24, 2.45) is 23.7 Å². The Bertz CT molecular complexity index is 1910. The van der Waals surface area contributed by atoms with Crippen molar-refractivity contribution in [2.75, 3.05) is 39.6 Å². The van der Waals surface area contributed by atoms with Crippen LogP contribution in [0, 0.1) is 23.7 Å². The number of ether oxygens (including phenoxy) is 4. The number of unbranched alkanes of at least 4 members (excludes halogenated alkanes) is 39. The lowest BCUT2D eigenvalue weighted by atomic mass is 9.99. The van der Waals surface area contributed by atoms with Crippen LogP contribution < -0.4 is 0 Å². The fourth-order valence-corrected chi connectivity index (χ4v) is 13.4. The Morgan fingerprint density at radius 3 is 0.732 bits per heavy atom. The van der Waals surface area contributed by atoms with Gasteiger partial charge in [0.2, 0.25) is 0 Å². The monoisotopic (exact) mass is 1420 g/mol. The fraction of sp³-hybridized carbons (Fsp3) is 0.949. The first-order valence-electron chi connectivity index (χ1n) is 40.3. The highest BCUT2D eigenvalue weighted by molar-refractivity contribution is 7.47. The molecular weight excluding hydrogens is 1270 g/mol. The van der Waals surface area contributed by atoms with Crippen LogP contribution in [0.1, 0.15) is 396 Å². The molecule has 0 fully saturated rings. The van der Waals surface area contributed by atoms with Crippen LogP contribution in [0.25, 0.3) is 0 Å². The molecule has 0 saturated carbocycles. The average Bonchev–Trinajstić information content (AvgIpc) is 1.40. The van der Waals surface area contributed by atoms with Gasteiger partial charge in [0.1, 0.15) is 19.3 Å². The highest BCUT2D eigenvalue weighted by Gasteiger charge is 2.30. The van der Waals surface area contributed by atoms with Crippen LogP contribution >= 0.6 is 15.6 Å². The lowest BCUT2D eigenvalue weighted by Gasteiger charge is -2.21. The van der Waals surface area contributed by atoms with Gasteiger partial charge in [-0.1, -0.05) is 344 Å². The van der Waals surface area contributed by atoms with E-state index in [0.29, 0.717) is 25.7 Å². The van der Waals surface area contributed by atoms with Crippen LogP contribution in [-0.2, 0) is 65.4 Å². The number of aliphatic hydroxyl groups excluding tert-OH is 1. The molecule has 0 spiro atoms. The normalized spacial score (nSPS) is 14.6. The number of hydrogen-bond donors (Lipinski definition) is 3. The summed E-state index contributed by atoms with van der Waals surface area (Å²) < 4.78 is 68.5. The van der Waals surface area contributed by atoms with E-state index < -0.39 is 97.5 Å². The van der Waals surface area contributed by atoms with E-state index >= 15 is 0 Å². The summed E-state index contributed by atoms with van der Waals surface area (Å²) in [6.07, 6.45) is 52.8. The van der Waals surface area contributed by atoms with Crippen molar-refractivity contribution in [3.63, 3.8) is 0 Å². The number of carbonyl (C=O) groups is 4. The van der Waals surface area contributed by atoms with Crippen LogP contribution in [0.2, 0.25) is 0 Å². The predicted molar refractivity (Wildman–Crippen MR) is 395 cm³/mol. The second kappa shape index (κ2) is 67.2. The van der Waals surface area contributed by atoms with Crippen LogP contribution in [0.3, 0.4) is 0 Å². The largest absolute Gasteiger partial charge is 0.472 e. The van der Waals surface area contributed by atoms with E-state index in [-0.39, 0.29) is 25.7 Å². The van der Waals surface area contributed by atoms with E-state index in [9.17, 15) is 43.2 Å². The van der Waals surface area contributed by atoms with Gasteiger partial charge in [-0.15, -0.1) is 0 Å². The molecule has 0 aromatic heterocycles. The zero-order valence-electron chi connectivity index (χ0n) is 63.7. The second-order valence-electron chi connectivity index (χ2n) is 29.5. The highest BCUT2D eigenvalue weighted by Crippen LogP contribution is 2.45. The molecule has 0 radical (unpaired) electrons. The SMILES string of the molecule is CCC(C)CCCCCCCCCCCCCCCCCCCCC(=O)OC[C@H](COP(=O)(O)OCC(O)COP(=O)(O)OC[C@@H](COC(=O)CCCCCCCCCCC(C)C)OC(=O)CCCCCCCCCCC(C)CC)OC(=O)CCCCCCCCCCCC(C)C. The molecule has 0 aliphatic heterocycles. The molecule has 0 bridgehead atoms. The van der Waals surface area contributed by atoms with Crippen molar-refractivity contribution in [1.82, 2.24) is 0 Å². The minimum atomic E-state index is -4.96. The number of aliphatic hydroxyl groups is 1. The Balaban J connectivity index is 5.17. The lowest BCUT2D eigenvalue weighted by Crippen LogP contribution is -2.30. The lowest BCUT2D eigenvalue weighted by molar-refractivity contribution is -0.161. The summed E-state index contributed by atoms with van der Waals surface area (Å²) in [5.74, 6) is 0.984. The summed E-state index contributed by atoms with van der Waals surface area (Å²) in [5.41, 5.74) is 0. The summed E-state index contributed by atoms with van der Waals surface area (Å²) >= 11 is 0. The summed E-state index contributed by atoms with van der Waals surface area (Å²) in [4.78, 5) is 72.8. The van der Waals surface area contributed by atoms with Gasteiger partial charge in [0.25, 0.3) is 0 Å². The molecule has 0 rings (SSSR count). The minimum Gasteiger partial charge on any atom is -0.462 e. The van der Waals surface area contributed by atoms with E-state index in [2.05, 4.69) is 55.4 Å². The number of phosphoric ester groups is 2. The van der Waals surface area contributed by atoms with Crippen molar-refractivity contribution in [2.45, 2.75) is 414 Å². The number of rotatable bonds is 75. The summed E-state index contributed by atoms with van der Waals surface area (Å²) in [5, 5.41) is 10.6. The first-order valence-corrected chi connectivity index (χ1v) is 43.3. The smallest absolute Gasteiger partial charge is 0.462 e. The second-order valence-corrected chi connectivity index (χ2v) is 32.4. The first kappa shape index (κ1) is 95.1. The molecule has 17 nitrogen and oxygen atoms in total. The summed E-state index contributed by atoms with van der Waals surface area (Å²) in [7, 11) is -9.91. The van der Waals surface area contributed by atoms with Crippen molar-refractivity contribution >= 4 is 39.5 Å². The molecule has 3 N–H and O–H groups in total. The molecule has 0 aromatic rings. The van der Waals surface area contributed by atoms with Gasteiger partial charge in [-0.3, -0.25) is 37.3 Å². The topological polar surface area (TPSA) is 237 Å². The number of phosphoric acid groups is 2. The van der Waals surface area contributed by atoms with Crippen LogP contribution in [0.15, 0.2) is 0 Å². The molecule has 19 heteroatoms. The van der Waals surface area contributed by atoms with Crippen LogP contribution in [0.5, 0.6) is 0 Å². The predicted octanol–water partition coefficient (Wildman–Crippen LogP) is 22.8. The van der Waals surface area contributed by atoms with Crippen LogP contribution in [0.4, 0.5) is 0 Å². The van der Waals surface area contributed by atoms with Gasteiger partial charge in [-0.05, 0) is 49.4 Å². The van der Waals surface area contributed by atoms with E-state index in [1.54, 1.807) is 0 Å². The molecule has 0 heterocycles. The first-order chi connectivity index (χ1) is 46.7. The standard InChI is InChI=1S/C78H152O17P2/c1-9-70(7)56-48-40-32-23-19-17-15-13-11-12-14-16-18-20-24-34-42-50-58-75(80)88-64-73(94-77(82)60-52-44-36-25-21-22-30-38-46-54-68(3)4)66-92-96(84,85)90-62-72(79)63-91-97(86,87)93-67-74(65-89-76(81)59-51-43-35-28-26-31-39-47-55-69(5)6)95-78(83)61-53-45-37-29-27-33-41-49-57-71(8)10-2/h68-74,79H,9-67H2,1-8H3,(H,84,85)(H,86,87)/t70?,71?,72?,73-,74-/m1/s1. The van der Waals surface area contributed by atoms with Gasteiger partial charge in [-0.2, -0.15) is 0 Å². The molecule has 0 aromatic carbocycles. The molecule has 0 aliphatic rings. The Hall–Kier alpha value is -1.94. The van der Waals surface area contributed by atoms with Gasteiger partial charge in [-0.25, -0.2) is 9.13 Å². The maximum atomic E-state index is 13.1. The average molecular weight is 1420 g/mol. The van der Waals surface area contributed by atoms with E-state index in [1.807, 2.05) is 0 Å². The molecule has 0 amide bonds. The van der Waals surface area contributed by atoms with Crippen molar-refractivity contribution < 1.29 is 80.2 Å². The Kier molecular flexibility index (Phi) is 65.9. The zero-order valence-corrected chi connectivity index (χ0v) is 65.5. The molecule has 7 atom stereocenters. The molecule has 5 unspecified atom stereocenters. The fourth-order valence-electron chi connectivity index (χ4n) is 11.8. The maximum absolute atomic E-state index is 13.1. The number of esters is 4. The van der Waals surface area contributed by atoms with Gasteiger partial charge >= 0.3 is 39.5 Å². The molecule has 0 aliphatic carbocycles. The van der Waals surface area contributed by atoms with E-state index in [0.717, 1.165) is 114 Å². The van der Waals surface area contributed by atoms with Gasteiger partial charge in [0.05, 0.1) is 26.4 Å². The third-order valence-corrected chi connectivity index (χ3v) is 20.7. The third-order valence-electron chi connectivity index (χ3n) is 18.8. The van der Waals surface area contributed by atoms with Crippen molar-refractivity contribution in [3.05, 3.63) is 0 Å². The minimum absolute atomic E-state index is 0.104. The zero-order chi connectivity index (χ0) is 71.7. The van der Waals surface area contributed by atoms with Gasteiger partial charge in [0.15, 0.2) is 12.2 Å². The summed E-state index contributed by atoms with van der Waals surface area (Å²) in [6.45, 7) is 14.2. The van der Waals surface area contributed by atoms with Crippen LogP contribution in [-0.4, -0.2) is 96.7 Å².